The Balaban J connectivity index is 2.86. The number of nitrogens with zero attached hydrogens (tertiary/aromatic N) is 3. The van der Waals surface area contributed by atoms with Gasteiger partial charge in [-0.3, -0.25) is 15.1 Å². The normalized spacial score (nSPS) is 11.8. The summed E-state index contributed by atoms with van der Waals surface area (Å²) >= 11 is 0. The van der Waals surface area contributed by atoms with Crippen molar-refractivity contribution >= 4 is 5.69 Å². The van der Waals surface area contributed by atoms with Gasteiger partial charge in [0.2, 0.25) is 0 Å². The van der Waals surface area contributed by atoms with E-state index in [2.05, 4.69) is 11.9 Å². The minimum Gasteiger partial charge on any atom is -0.427 e. The highest BCUT2D eigenvalue weighted by molar-refractivity contribution is 5.29. The zero-order valence-electron chi connectivity index (χ0n) is 10.8. The maximum atomic E-state index is 10.7. The van der Waals surface area contributed by atoms with Gasteiger partial charge in [0, 0.05) is 12.6 Å². The molecule has 0 saturated carbocycles. The Morgan fingerprint density at radius 3 is 2.72 bits per heavy atom. The van der Waals surface area contributed by atoms with Crippen LogP contribution in [0, 0.1) is 17.0 Å². The minimum atomic E-state index is -0.483. The van der Waals surface area contributed by atoms with Gasteiger partial charge < -0.3 is 5.21 Å². The molecule has 0 atom stereocenters. The van der Waals surface area contributed by atoms with Gasteiger partial charge in [0.25, 0.3) is 5.69 Å². The van der Waals surface area contributed by atoms with E-state index in [0.717, 1.165) is 30.4 Å². The zero-order valence-corrected chi connectivity index (χ0v) is 10.8. The first-order chi connectivity index (χ1) is 8.56. The monoisotopic (exact) mass is 253 g/mol. The summed E-state index contributed by atoms with van der Waals surface area (Å²) in [5.74, 6) is 0. The molecule has 0 aliphatic carbocycles. The number of hydrogen-bond donors (Lipinski definition) is 1. The highest BCUT2D eigenvalue weighted by atomic mass is 16.6. The van der Waals surface area contributed by atoms with Gasteiger partial charge in [-0.25, -0.2) is 0 Å². The molecule has 18 heavy (non-hydrogen) atoms. The predicted molar refractivity (Wildman–Crippen MR) is 67.6 cm³/mol. The van der Waals surface area contributed by atoms with E-state index in [-0.39, 0.29) is 11.2 Å². The number of aromatic nitrogens is 1. The van der Waals surface area contributed by atoms with Gasteiger partial charge in [0.15, 0.2) is 5.49 Å². The number of nitro groups is 1. The summed E-state index contributed by atoms with van der Waals surface area (Å²) < 4.78 is 0.882. The van der Waals surface area contributed by atoms with E-state index in [1.54, 1.807) is 6.92 Å². The van der Waals surface area contributed by atoms with Crippen LogP contribution in [0.5, 0.6) is 0 Å². The van der Waals surface area contributed by atoms with Gasteiger partial charge in [-0.2, -0.15) is 4.73 Å². The maximum absolute atomic E-state index is 10.7. The summed E-state index contributed by atoms with van der Waals surface area (Å²) in [6.07, 6.45) is 4.31. The molecule has 0 spiro atoms. The van der Waals surface area contributed by atoms with Crippen LogP contribution >= 0.6 is 0 Å². The Hall–Kier alpha value is -1.85. The Kier molecular flexibility index (Phi) is 5.35. The van der Waals surface area contributed by atoms with Crippen molar-refractivity contribution < 1.29 is 10.1 Å². The number of aryl methyl sites for hydroxylation is 1. The van der Waals surface area contributed by atoms with Crippen LogP contribution in [-0.2, 0) is 0 Å². The predicted octanol–water partition coefficient (Wildman–Crippen LogP) is 2.42. The number of unbranched alkanes of at least 4 members (excludes halogenated alkanes) is 3. The smallest absolute Gasteiger partial charge is 0.275 e. The summed E-state index contributed by atoms with van der Waals surface area (Å²) in [7, 11) is 0. The molecule has 1 aromatic heterocycles. The lowest BCUT2D eigenvalue weighted by atomic mass is 10.2. The first-order valence-electron chi connectivity index (χ1n) is 6.14. The molecule has 0 saturated heterocycles. The zero-order chi connectivity index (χ0) is 13.5. The molecule has 0 bridgehead atoms. The third kappa shape index (κ3) is 3.87. The van der Waals surface area contributed by atoms with E-state index in [1.807, 2.05) is 0 Å². The van der Waals surface area contributed by atoms with Gasteiger partial charge in [0.1, 0.15) is 0 Å². The Labute approximate surface area is 106 Å². The summed E-state index contributed by atoms with van der Waals surface area (Å²) in [4.78, 5) is 14.4. The van der Waals surface area contributed by atoms with E-state index in [4.69, 9.17) is 0 Å². The van der Waals surface area contributed by atoms with Crippen LogP contribution in [0.4, 0.5) is 5.69 Å². The van der Waals surface area contributed by atoms with E-state index in [0.29, 0.717) is 12.2 Å². The van der Waals surface area contributed by atoms with Gasteiger partial charge in [-0.1, -0.05) is 26.2 Å². The molecule has 100 valence electrons. The molecule has 6 nitrogen and oxygen atoms in total. The van der Waals surface area contributed by atoms with Crippen molar-refractivity contribution in [2.45, 2.75) is 39.5 Å². The lowest BCUT2D eigenvalue weighted by Crippen LogP contribution is -2.21. The minimum absolute atomic E-state index is 0.0508. The SMILES string of the molecule is CCCCCCN=c1cc([N+](=O)[O-])cc(C)n1O. The van der Waals surface area contributed by atoms with Crippen molar-refractivity contribution in [3.63, 3.8) is 0 Å². The van der Waals surface area contributed by atoms with Crippen LogP contribution < -0.4 is 5.49 Å². The van der Waals surface area contributed by atoms with E-state index in [9.17, 15) is 15.3 Å². The van der Waals surface area contributed by atoms with Crippen molar-refractivity contribution in [2.75, 3.05) is 6.54 Å². The maximum Gasteiger partial charge on any atom is 0.275 e. The Morgan fingerprint density at radius 1 is 1.39 bits per heavy atom. The summed E-state index contributed by atoms with van der Waals surface area (Å²) in [5, 5.41) is 20.4. The van der Waals surface area contributed by atoms with Crippen molar-refractivity contribution in [3.05, 3.63) is 33.4 Å². The van der Waals surface area contributed by atoms with Crippen molar-refractivity contribution in [3.8, 4) is 0 Å². The van der Waals surface area contributed by atoms with E-state index >= 15 is 0 Å². The second-order valence-electron chi connectivity index (χ2n) is 4.22. The number of rotatable bonds is 6. The lowest BCUT2D eigenvalue weighted by Gasteiger charge is -2.03. The lowest BCUT2D eigenvalue weighted by molar-refractivity contribution is -0.385. The van der Waals surface area contributed by atoms with E-state index < -0.39 is 4.92 Å². The fourth-order valence-electron chi connectivity index (χ4n) is 1.64. The molecule has 1 heterocycles. The van der Waals surface area contributed by atoms with Gasteiger partial charge in [-0.05, 0) is 13.3 Å². The molecule has 0 aromatic carbocycles. The first-order valence-corrected chi connectivity index (χ1v) is 6.14. The summed E-state index contributed by atoms with van der Waals surface area (Å²) in [6, 6.07) is 2.60. The van der Waals surface area contributed by atoms with Crippen LogP contribution in [0.2, 0.25) is 0 Å². The molecule has 6 heteroatoms. The molecule has 0 aliphatic rings. The summed E-state index contributed by atoms with van der Waals surface area (Å²) in [6.45, 7) is 4.30. The third-order valence-corrected chi connectivity index (χ3v) is 2.68. The highest BCUT2D eigenvalue weighted by Gasteiger charge is 2.09. The number of pyridine rings is 1. The quantitative estimate of drug-likeness (QED) is 0.366. The molecular formula is C12H19N3O3. The standard InChI is InChI=1S/C12H19N3O3/c1-3-4-5-6-7-13-12-9-11(15(17)18)8-10(2)14(12)16/h8-9,16H,3-7H2,1-2H3. The molecule has 0 radical (unpaired) electrons. The average molecular weight is 253 g/mol. The summed E-state index contributed by atoms with van der Waals surface area (Å²) in [5.41, 5.74) is 0.583. The molecule has 0 amide bonds. The Bertz CT molecular complexity index is 480. The molecule has 1 N–H and O–H groups in total. The molecular weight excluding hydrogens is 234 g/mol. The van der Waals surface area contributed by atoms with Crippen LogP contribution in [-0.4, -0.2) is 21.4 Å². The van der Waals surface area contributed by atoms with Crippen molar-refractivity contribution in [2.24, 2.45) is 4.99 Å². The van der Waals surface area contributed by atoms with Crippen molar-refractivity contribution in [1.29, 1.82) is 0 Å². The Morgan fingerprint density at radius 2 is 2.11 bits per heavy atom. The molecule has 0 aliphatic heterocycles. The van der Waals surface area contributed by atoms with Crippen molar-refractivity contribution in [1.82, 2.24) is 4.73 Å². The largest absolute Gasteiger partial charge is 0.427 e. The second-order valence-corrected chi connectivity index (χ2v) is 4.22. The fraction of sp³-hybridized carbons (Fsp3) is 0.583. The van der Waals surface area contributed by atoms with Crippen LogP contribution in [0.1, 0.15) is 38.3 Å². The molecule has 1 aromatic rings. The van der Waals surface area contributed by atoms with Crippen LogP contribution in [0.15, 0.2) is 17.1 Å². The molecule has 0 unspecified atom stereocenters. The first kappa shape index (κ1) is 14.2. The van der Waals surface area contributed by atoms with E-state index in [1.165, 1.54) is 12.1 Å². The average Bonchev–Trinajstić information content (AvgIpc) is 2.33. The topological polar surface area (TPSA) is 80.7 Å². The molecule has 1 rings (SSSR count). The molecule has 0 fully saturated rings. The number of hydrogen-bond acceptors (Lipinski definition) is 4. The highest BCUT2D eigenvalue weighted by Crippen LogP contribution is 2.08. The van der Waals surface area contributed by atoms with Gasteiger partial charge in [-0.15, -0.1) is 0 Å². The van der Waals surface area contributed by atoms with Gasteiger partial charge >= 0.3 is 0 Å². The fourth-order valence-corrected chi connectivity index (χ4v) is 1.64. The van der Waals surface area contributed by atoms with Crippen LogP contribution in [0.25, 0.3) is 0 Å². The van der Waals surface area contributed by atoms with Gasteiger partial charge in [0.05, 0.1) is 16.7 Å². The third-order valence-electron chi connectivity index (χ3n) is 2.68. The second kappa shape index (κ2) is 6.78. The van der Waals surface area contributed by atoms with Crippen LogP contribution in [0.3, 0.4) is 0 Å².